The summed E-state index contributed by atoms with van der Waals surface area (Å²) in [6, 6.07) is 0. The summed E-state index contributed by atoms with van der Waals surface area (Å²) < 4.78 is 121. The summed E-state index contributed by atoms with van der Waals surface area (Å²) in [6.07, 6.45) is -5.26. The molecule has 14 N–H and O–H groups in total. The minimum atomic E-state index is -4.58. The van der Waals surface area contributed by atoms with Crippen molar-refractivity contribution >= 4 is 74.4 Å². The molecule has 0 saturated carbocycles. The van der Waals surface area contributed by atoms with Gasteiger partial charge in [0.15, 0.2) is 33.5 Å². The molecule has 54 heteroatoms. The molecule has 6 saturated heterocycles. The van der Waals surface area contributed by atoms with E-state index in [9.17, 15) is 67.8 Å². The minimum Gasteiger partial charge on any atom is -0.394 e. The molecule has 6 fully saturated rings. The highest BCUT2D eigenvalue weighted by atomic mass is 31.2. The number of imidazole rings is 3. The fourth-order valence-corrected chi connectivity index (χ4v) is 17.1. The SMILES string of the molecule is CC[C@H]1O[C@@H](n2cnc(N)nc2=O)CC1OP(=O)(O)OC[C@H]1O[C@@H](n2cnc3c(=O)[nH]c(C)nc32)CC1OC.Cc1nc2c(ncn2[C@H]2CC(O)[C@@H](COP(C)(=O)OC3C[C@H](n4cnc(N)nc4=O)O[C@@H]3CO)O2)c(=O)[nH]1.Cc1nc2c(ncn2[C@H]2CC(OP(C)(=O)OC[C@H]3O[C@@H](n4cnc(N)nc4=O)CC3O)[C@@H](CO)O2)c(=O)[nH]1. The van der Waals surface area contributed by atoms with Crippen LogP contribution in [0.25, 0.3) is 33.5 Å². The third-order valence-electron chi connectivity index (χ3n) is 19.2. The maximum atomic E-state index is 13.1. The monoisotopic (exact) mass is 1680 g/mol. The predicted octanol–water partition coefficient (Wildman–Crippen LogP) is -2.21. The number of aromatic amines is 3. The number of aliphatic hydroxyl groups excluding tert-OH is 4. The molecule has 9 aromatic heterocycles. The Balaban J connectivity index is 0.000000150. The number of anilines is 3. The highest BCUT2D eigenvalue weighted by Gasteiger charge is 2.47. The molecule has 624 valence electrons. The van der Waals surface area contributed by atoms with Gasteiger partial charge in [0, 0.05) is 59.0 Å². The van der Waals surface area contributed by atoms with Gasteiger partial charge in [0.25, 0.3) is 16.7 Å². The number of ether oxygens (including phenoxy) is 7. The Kier molecular flexibility index (Phi) is 25.2. The molecule has 21 atom stereocenters. The van der Waals surface area contributed by atoms with Crippen LogP contribution >= 0.6 is 23.0 Å². The zero-order valence-corrected chi connectivity index (χ0v) is 64.9. The van der Waals surface area contributed by atoms with E-state index in [1.54, 1.807) is 34.5 Å². The quantitative estimate of drug-likeness (QED) is 0.0270. The van der Waals surface area contributed by atoms with Gasteiger partial charge in [-0.3, -0.25) is 60.0 Å². The number of methoxy groups -OCH3 is 1. The molecular formula is C61H83N24O27P3. The third kappa shape index (κ3) is 19.0. The highest BCUT2D eigenvalue weighted by molar-refractivity contribution is 7.53. The van der Waals surface area contributed by atoms with Gasteiger partial charge in [0.2, 0.25) is 17.8 Å². The molecule has 9 unspecified atom stereocenters. The molecule has 0 bridgehead atoms. The number of aromatic nitrogens is 21. The first kappa shape index (κ1) is 83.8. The summed E-state index contributed by atoms with van der Waals surface area (Å²) in [4.78, 5) is 138. The fourth-order valence-electron chi connectivity index (χ4n) is 13.7. The van der Waals surface area contributed by atoms with Crippen LogP contribution in [0.5, 0.6) is 0 Å². The first-order chi connectivity index (χ1) is 54.7. The van der Waals surface area contributed by atoms with Gasteiger partial charge in [0.1, 0.15) is 104 Å². The number of nitrogens with two attached hydrogens (primary N) is 3. The number of phosphoric acid groups is 1. The summed E-state index contributed by atoms with van der Waals surface area (Å²) >= 11 is 0. The van der Waals surface area contributed by atoms with Gasteiger partial charge in [0.05, 0.1) is 94.7 Å². The second-order valence-electron chi connectivity index (χ2n) is 27.3. The van der Waals surface area contributed by atoms with Crippen molar-refractivity contribution < 1.29 is 99.3 Å². The van der Waals surface area contributed by atoms with Crippen molar-refractivity contribution in [2.24, 2.45) is 0 Å². The normalized spacial score (nSPS) is 29.0. The van der Waals surface area contributed by atoms with Gasteiger partial charge >= 0.3 is 40.1 Å². The van der Waals surface area contributed by atoms with Crippen LogP contribution < -0.4 is 50.9 Å². The van der Waals surface area contributed by atoms with Crippen LogP contribution in [0, 0.1) is 20.8 Å². The lowest BCUT2D eigenvalue weighted by atomic mass is 10.1. The lowest BCUT2D eigenvalue weighted by Gasteiger charge is -2.23. The fraction of sp³-hybridized carbons (Fsp3) is 0.607. The van der Waals surface area contributed by atoms with Gasteiger partial charge in [-0.05, 0) is 27.2 Å². The first-order valence-electron chi connectivity index (χ1n) is 35.6. The number of nitrogens with zero attached hydrogens (tertiary/aromatic N) is 18. The van der Waals surface area contributed by atoms with Crippen LogP contribution in [0.2, 0.25) is 0 Å². The van der Waals surface area contributed by atoms with Crippen molar-refractivity contribution in [1.82, 2.24) is 102 Å². The van der Waals surface area contributed by atoms with Crippen molar-refractivity contribution in [3.8, 4) is 0 Å². The second-order valence-corrected chi connectivity index (χ2v) is 32.8. The molecule has 51 nitrogen and oxygen atoms in total. The molecule has 0 aromatic carbocycles. The van der Waals surface area contributed by atoms with E-state index < -0.39 is 169 Å². The van der Waals surface area contributed by atoms with E-state index >= 15 is 0 Å². The zero-order chi connectivity index (χ0) is 82.3. The number of aryl methyl sites for hydroxylation is 3. The number of nitrogens with one attached hydrogen (secondary N) is 3. The van der Waals surface area contributed by atoms with E-state index in [0.717, 1.165) is 13.7 Å². The Morgan fingerprint density at radius 3 is 1.10 bits per heavy atom. The summed E-state index contributed by atoms with van der Waals surface area (Å²) in [5.74, 6) is 0.671. The molecule has 9 aromatic rings. The van der Waals surface area contributed by atoms with Gasteiger partial charge in [-0.2, -0.15) is 15.0 Å². The standard InChI is InChI=1S/C21H29N8O9P.2C20H27N8O9P/c1-4-11-13(6-16(36-11)29-9-24-20(22)27-21(29)31)38-39(32,33)35-7-14-12(34-3)5-15(37-14)28-8-23-17-18(28)25-10(2)26-19(17)30;1-9-24-17-16(18(31)25-9)22-7-27(17)15-4-11(12(5-29)35-15)37-38(2,33)34-6-13-10(30)3-14(36-13)28-8-23-19(21)26-20(28)32;1-9-24-17-16(18(31)25-9)22-7-27(17)14-3-10(30)13(36-14)6-34-38(2,33)37-11-4-15(35-12(11)5-29)28-8-23-19(21)26-20(28)32/h8-9,11-16H,4-7H2,1-3H3,(H,32,33)(H2,22,27,31)(H,25,26,30);2*7-8,10-15,29-30H,3-6H2,1-2H3,(H2,21,26,32)(H,24,25,31)/t11-,12?,13?,14-,15-,16-;2*10?,11?,12-,13-,14-,15-,38?/m111/s1. The number of phosphoric ester groups is 1. The Bertz CT molecular complexity index is 5550. The van der Waals surface area contributed by atoms with E-state index in [0.29, 0.717) is 47.3 Å². The van der Waals surface area contributed by atoms with E-state index in [4.69, 9.17) is 77.5 Å². The zero-order valence-electron chi connectivity index (χ0n) is 62.2. The van der Waals surface area contributed by atoms with Crippen LogP contribution in [0.4, 0.5) is 17.8 Å². The smallest absolute Gasteiger partial charge is 0.394 e. The van der Waals surface area contributed by atoms with E-state index in [1.807, 2.05) is 6.92 Å². The molecule has 15 rings (SSSR count). The molecule has 0 amide bonds. The Morgan fingerprint density at radius 2 is 0.739 bits per heavy atom. The number of aliphatic hydroxyl groups is 4. The molecular weight excluding hydrogens is 1590 g/mol. The Hall–Kier alpha value is -9.15. The van der Waals surface area contributed by atoms with Crippen molar-refractivity contribution in [1.29, 1.82) is 0 Å². The lowest BCUT2D eigenvalue weighted by Crippen LogP contribution is -2.30. The number of nitrogen functional groups attached to an aromatic ring is 3. The topological polar surface area (TPSA) is 684 Å². The van der Waals surface area contributed by atoms with Crippen LogP contribution in [-0.4, -0.2) is 254 Å². The molecule has 115 heavy (non-hydrogen) atoms. The number of hydrogen-bond donors (Lipinski definition) is 11. The molecule has 6 aliphatic rings. The predicted molar refractivity (Wildman–Crippen MR) is 389 cm³/mol. The highest BCUT2D eigenvalue weighted by Crippen LogP contribution is 2.53. The number of H-pyrrole nitrogens is 3. The van der Waals surface area contributed by atoms with Crippen molar-refractivity contribution in [3.63, 3.8) is 0 Å². The third-order valence-corrected chi connectivity index (χ3v) is 22.8. The first-order valence-corrected chi connectivity index (χ1v) is 41.1. The average molecular weight is 1680 g/mol. The van der Waals surface area contributed by atoms with Crippen LogP contribution in [0.1, 0.15) is 107 Å². The maximum Gasteiger partial charge on any atom is 0.472 e. The number of fused-ring (bicyclic) bond motifs is 3. The Labute approximate surface area is 645 Å². The summed E-state index contributed by atoms with van der Waals surface area (Å²) in [7, 11) is -10.6. The molecule has 0 radical (unpaired) electrons. The van der Waals surface area contributed by atoms with Crippen molar-refractivity contribution in [2.75, 3.05) is 70.7 Å². The lowest BCUT2D eigenvalue weighted by molar-refractivity contribution is -0.0559. The van der Waals surface area contributed by atoms with Crippen LogP contribution in [0.15, 0.2) is 66.7 Å². The summed E-state index contributed by atoms with van der Waals surface area (Å²) in [5, 5.41) is 40.5. The van der Waals surface area contributed by atoms with Crippen molar-refractivity contribution in [2.45, 2.75) is 183 Å². The van der Waals surface area contributed by atoms with Gasteiger partial charge in [-0.1, -0.05) is 6.92 Å². The van der Waals surface area contributed by atoms with Crippen LogP contribution in [0.3, 0.4) is 0 Å². The minimum absolute atomic E-state index is 0.0516. The van der Waals surface area contributed by atoms with Gasteiger partial charge in [-0.25, -0.2) is 63.8 Å². The van der Waals surface area contributed by atoms with E-state index in [-0.39, 0.29) is 97.4 Å². The largest absolute Gasteiger partial charge is 0.472 e. The van der Waals surface area contributed by atoms with E-state index in [2.05, 4.69) is 74.8 Å². The van der Waals surface area contributed by atoms with Gasteiger partial charge in [-0.15, -0.1) is 0 Å². The van der Waals surface area contributed by atoms with Gasteiger partial charge < -0.3 is 109 Å². The summed E-state index contributed by atoms with van der Waals surface area (Å²) in [6.45, 7) is 7.47. The number of hydrogen-bond acceptors (Lipinski definition) is 41. The molecule has 0 aliphatic carbocycles. The number of rotatable bonds is 25. The second kappa shape index (κ2) is 34.6. The maximum absolute atomic E-state index is 13.1. The van der Waals surface area contributed by atoms with E-state index in [1.165, 1.54) is 58.4 Å². The Morgan fingerprint density at radius 1 is 0.435 bits per heavy atom. The molecule has 15 heterocycles. The molecule has 6 aliphatic heterocycles. The van der Waals surface area contributed by atoms with Crippen LogP contribution in [-0.2, 0) is 74.0 Å². The van der Waals surface area contributed by atoms with Crippen molar-refractivity contribution in [3.05, 3.63) is 118 Å². The summed E-state index contributed by atoms with van der Waals surface area (Å²) in [5.41, 5.74) is 14.5. The molecule has 0 spiro atoms. The average Bonchev–Trinajstić information content (AvgIpc) is 1.63.